The molecule has 0 aliphatic rings. The summed E-state index contributed by atoms with van der Waals surface area (Å²) in [6.45, 7) is 0. The van der Waals surface area contributed by atoms with Gasteiger partial charge in [0, 0.05) is 0 Å². The molecule has 2 aromatic rings. The largest absolute Gasteiger partial charge is 0.324 e. The first-order valence-corrected chi connectivity index (χ1v) is 7.94. The van der Waals surface area contributed by atoms with Gasteiger partial charge in [0.25, 0.3) is 0 Å². The van der Waals surface area contributed by atoms with E-state index in [1.807, 2.05) is 0 Å². The summed E-state index contributed by atoms with van der Waals surface area (Å²) in [5.74, 6) is -2.01. The van der Waals surface area contributed by atoms with Gasteiger partial charge in [-0.15, -0.1) is 0 Å². The molecule has 4 nitrogen and oxygen atoms in total. The van der Waals surface area contributed by atoms with Crippen molar-refractivity contribution in [1.29, 1.82) is 0 Å². The Kier molecular flexibility index (Phi) is 4.59. The molecule has 21 heavy (non-hydrogen) atoms. The highest BCUT2D eigenvalue weighted by Crippen LogP contribution is 2.22. The van der Waals surface area contributed by atoms with E-state index in [1.165, 1.54) is 18.2 Å². The van der Waals surface area contributed by atoms with Gasteiger partial charge in [0.2, 0.25) is 5.91 Å². The van der Waals surface area contributed by atoms with Crippen LogP contribution in [0.2, 0.25) is 5.02 Å². The van der Waals surface area contributed by atoms with E-state index in [0.717, 1.165) is 12.1 Å². The molecule has 0 aromatic heterocycles. The Labute approximate surface area is 126 Å². The number of anilines is 1. The number of carbonyl (C=O) groups excluding carboxylic acids is 1. The molecule has 110 valence electrons. The third kappa shape index (κ3) is 4.03. The van der Waals surface area contributed by atoms with Crippen molar-refractivity contribution in [3.63, 3.8) is 0 Å². The zero-order valence-corrected chi connectivity index (χ0v) is 12.3. The van der Waals surface area contributed by atoms with Crippen LogP contribution in [0.3, 0.4) is 0 Å². The van der Waals surface area contributed by atoms with E-state index >= 15 is 0 Å². The van der Waals surface area contributed by atoms with Crippen LogP contribution in [0.25, 0.3) is 0 Å². The molecule has 1 amide bonds. The number of amides is 1. The smallest absolute Gasteiger partial charge is 0.240 e. The SMILES string of the molecule is O=C(CS(=O)(=O)c1ccccc1)Nc1ccc(F)cc1Cl. The second-order valence-electron chi connectivity index (χ2n) is 4.24. The topological polar surface area (TPSA) is 63.2 Å². The summed E-state index contributed by atoms with van der Waals surface area (Å²) in [4.78, 5) is 11.9. The number of nitrogens with one attached hydrogen (secondary N) is 1. The van der Waals surface area contributed by atoms with Crippen molar-refractivity contribution in [2.45, 2.75) is 4.90 Å². The number of sulfone groups is 1. The Balaban J connectivity index is 2.12. The molecule has 7 heteroatoms. The maximum absolute atomic E-state index is 12.9. The van der Waals surface area contributed by atoms with Crippen molar-refractivity contribution in [3.05, 3.63) is 59.4 Å². The molecule has 2 rings (SSSR count). The normalized spacial score (nSPS) is 11.1. The molecule has 0 aliphatic carbocycles. The molecule has 0 radical (unpaired) electrons. The first-order chi connectivity index (χ1) is 9.88. The summed E-state index contributed by atoms with van der Waals surface area (Å²) >= 11 is 5.76. The third-order valence-corrected chi connectivity index (χ3v) is 4.57. The lowest BCUT2D eigenvalue weighted by Crippen LogP contribution is -2.23. The van der Waals surface area contributed by atoms with E-state index in [0.29, 0.717) is 0 Å². The van der Waals surface area contributed by atoms with Crippen molar-refractivity contribution in [1.82, 2.24) is 0 Å². The van der Waals surface area contributed by atoms with Crippen LogP contribution >= 0.6 is 11.6 Å². The molecule has 0 spiro atoms. The number of carbonyl (C=O) groups is 1. The molecule has 0 saturated carbocycles. The molecule has 0 fully saturated rings. The minimum atomic E-state index is -3.73. The Morgan fingerprint density at radius 1 is 1.14 bits per heavy atom. The van der Waals surface area contributed by atoms with Gasteiger partial charge in [-0.3, -0.25) is 4.79 Å². The van der Waals surface area contributed by atoms with Crippen molar-refractivity contribution >= 4 is 33.0 Å². The van der Waals surface area contributed by atoms with Gasteiger partial charge in [-0.1, -0.05) is 29.8 Å². The highest BCUT2D eigenvalue weighted by atomic mass is 35.5. The molecule has 0 atom stereocenters. The highest BCUT2D eigenvalue weighted by molar-refractivity contribution is 7.92. The minimum absolute atomic E-state index is 0.000425. The molecule has 0 heterocycles. The van der Waals surface area contributed by atoms with E-state index in [1.54, 1.807) is 18.2 Å². The summed E-state index contributed by atoms with van der Waals surface area (Å²) in [6.07, 6.45) is 0. The van der Waals surface area contributed by atoms with E-state index in [9.17, 15) is 17.6 Å². The van der Waals surface area contributed by atoms with Crippen LogP contribution in [0.5, 0.6) is 0 Å². The molecule has 1 N–H and O–H groups in total. The van der Waals surface area contributed by atoms with Crippen LogP contribution in [-0.4, -0.2) is 20.1 Å². The summed E-state index contributed by atoms with van der Waals surface area (Å²) in [6, 6.07) is 11.1. The van der Waals surface area contributed by atoms with E-state index in [-0.39, 0.29) is 15.6 Å². The summed E-state index contributed by atoms with van der Waals surface area (Å²) in [7, 11) is -3.73. The lowest BCUT2D eigenvalue weighted by Gasteiger charge is -2.08. The van der Waals surface area contributed by atoms with Gasteiger partial charge in [-0.2, -0.15) is 0 Å². The van der Waals surface area contributed by atoms with Crippen molar-refractivity contribution < 1.29 is 17.6 Å². The van der Waals surface area contributed by atoms with Gasteiger partial charge < -0.3 is 5.32 Å². The molecule has 0 saturated heterocycles. The maximum atomic E-state index is 12.9. The van der Waals surface area contributed by atoms with E-state index in [2.05, 4.69) is 5.32 Å². The van der Waals surface area contributed by atoms with E-state index < -0.39 is 27.3 Å². The van der Waals surface area contributed by atoms with Crippen LogP contribution < -0.4 is 5.32 Å². The summed E-state index contributed by atoms with van der Waals surface area (Å²) < 4.78 is 36.9. The number of rotatable bonds is 4. The fourth-order valence-electron chi connectivity index (χ4n) is 1.66. The standard InChI is InChI=1S/C14H11ClFNO3S/c15-12-8-10(16)6-7-13(12)17-14(18)9-21(19,20)11-4-2-1-3-5-11/h1-8H,9H2,(H,17,18). The van der Waals surface area contributed by atoms with Gasteiger partial charge in [-0.05, 0) is 30.3 Å². The van der Waals surface area contributed by atoms with Gasteiger partial charge >= 0.3 is 0 Å². The van der Waals surface area contributed by atoms with Crippen LogP contribution in [0.1, 0.15) is 0 Å². The number of benzene rings is 2. The average Bonchev–Trinajstić information content (AvgIpc) is 2.42. The van der Waals surface area contributed by atoms with Gasteiger partial charge in [0.05, 0.1) is 15.6 Å². The Morgan fingerprint density at radius 2 is 1.81 bits per heavy atom. The molecule has 2 aromatic carbocycles. The molecular formula is C14H11ClFNO3S. The van der Waals surface area contributed by atoms with Crippen molar-refractivity contribution in [2.75, 3.05) is 11.1 Å². The summed E-state index contributed by atoms with van der Waals surface area (Å²) in [5, 5.41) is 2.35. The fraction of sp³-hybridized carbons (Fsp3) is 0.0714. The summed E-state index contributed by atoms with van der Waals surface area (Å²) in [5.41, 5.74) is 0.159. The first-order valence-electron chi connectivity index (χ1n) is 5.91. The minimum Gasteiger partial charge on any atom is -0.324 e. The number of hydrogen-bond donors (Lipinski definition) is 1. The molecule has 0 aliphatic heterocycles. The fourth-order valence-corrected chi connectivity index (χ4v) is 3.03. The van der Waals surface area contributed by atoms with Gasteiger partial charge in [0.15, 0.2) is 9.84 Å². The monoisotopic (exact) mass is 327 g/mol. The van der Waals surface area contributed by atoms with Crippen molar-refractivity contribution in [3.8, 4) is 0 Å². The Bertz CT molecular complexity index is 763. The van der Waals surface area contributed by atoms with Crippen LogP contribution in [0.15, 0.2) is 53.4 Å². The van der Waals surface area contributed by atoms with E-state index in [4.69, 9.17) is 11.6 Å². The second-order valence-corrected chi connectivity index (χ2v) is 6.64. The van der Waals surface area contributed by atoms with Crippen LogP contribution in [-0.2, 0) is 14.6 Å². The zero-order valence-electron chi connectivity index (χ0n) is 10.7. The molecular weight excluding hydrogens is 317 g/mol. The lowest BCUT2D eigenvalue weighted by molar-refractivity contribution is -0.113. The van der Waals surface area contributed by atoms with Crippen LogP contribution in [0, 0.1) is 5.82 Å². The first kappa shape index (κ1) is 15.5. The number of hydrogen-bond acceptors (Lipinski definition) is 3. The average molecular weight is 328 g/mol. The number of halogens is 2. The Hall–Kier alpha value is -1.92. The van der Waals surface area contributed by atoms with Crippen LogP contribution in [0.4, 0.5) is 10.1 Å². The van der Waals surface area contributed by atoms with Gasteiger partial charge in [0.1, 0.15) is 11.6 Å². The van der Waals surface area contributed by atoms with Crippen molar-refractivity contribution in [2.24, 2.45) is 0 Å². The predicted molar refractivity (Wildman–Crippen MR) is 78.5 cm³/mol. The second kappa shape index (κ2) is 6.24. The predicted octanol–water partition coefficient (Wildman–Crippen LogP) is 2.89. The Morgan fingerprint density at radius 3 is 2.43 bits per heavy atom. The molecule has 0 bridgehead atoms. The van der Waals surface area contributed by atoms with Gasteiger partial charge in [-0.25, -0.2) is 12.8 Å². The quantitative estimate of drug-likeness (QED) is 0.939. The lowest BCUT2D eigenvalue weighted by atomic mass is 10.3. The maximum Gasteiger partial charge on any atom is 0.240 e. The third-order valence-electron chi connectivity index (χ3n) is 2.63. The molecule has 0 unspecified atom stereocenters. The highest BCUT2D eigenvalue weighted by Gasteiger charge is 2.19. The zero-order chi connectivity index (χ0) is 15.5.